The molecule has 1 radical (unpaired) electrons. The van der Waals surface area contributed by atoms with Gasteiger partial charge in [0.15, 0.2) is 0 Å². The molecule has 1 heterocycles. The summed E-state index contributed by atoms with van der Waals surface area (Å²) in [6, 6.07) is 14.2. The summed E-state index contributed by atoms with van der Waals surface area (Å²) in [6.45, 7) is 1.05. The Labute approximate surface area is 134 Å². The van der Waals surface area contributed by atoms with E-state index in [1.165, 1.54) is 0 Å². The van der Waals surface area contributed by atoms with Crippen molar-refractivity contribution < 1.29 is 9.53 Å². The highest BCUT2D eigenvalue weighted by molar-refractivity contribution is 5.98. The molecule has 0 spiro atoms. The maximum atomic E-state index is 12.4. The lowest BCUT2D eigenvalue weighted by molar-refractivity contribution is 0.0483. The number of carbonyl (C=O) groups excluding carboxylic acids is 1. The zero-order chi connectivity index (χ0) is 16.2. The molecule has 117 valence electrons. The van der Waals surface area contributed by atoms with E-state index in [4.69, 9.17) is 4.74 Å². The molecular weight excluding hydrogens is 290 g/mol. The lowest BCUT2D eigenvalue weighted by atomic mass is 9.99. The highest BCUT2D eigenvalue weighted by Crippen LogP contribution is 2.26. The molecule has 2 aromatic carbocycles. The van der Waals surface area contributed by atoms with Crippen LogP contribution >= 0.6 is 0 Å². The molecule has 5 nitrogen and oxygen atoms in total. The van der Waals surface area contributed by atoms with E-state index in [0.717, 1.165) is 22.2 Å². The molecule has 0 aliphatic carbocycles. The molecule has 0 atom stereocenters. The Morgan fingerprint density at radius 2 is 2.22 bits per heavy atom. The number of hydrogen-bond donors (Lipinski definition) is 1. The van der Waals surface area contributed by atoms with Crippen LogP contribution in [0.2, 0.25) is 0 Å². The fourth-order valence-electron chi connectivity index (χ4n) is 2.35. The second kappa shape index (κ2) is 6.62. The van der Waals surface area contributed by atoms with E-state index < -0.39 is 0 Å². The monoisotopic (exact) mass is 308 g/mol. The van der Waals surface area contributed by atoms with Crippen LogP contribution in [0.5, 0.6) is 0 Å². The van der Waals surface area contributed by atoms with Crippen LogP contribution in [-0.2, 0) is 4.74 Å². The molecule has 3 rings (SSSR count). The zero-order valence-corrected chi connectivity index (χ0v) is 13.2. The van der Waals surface area contributed by atoms with Crippen LogP contribution in [0.1, 0.15) is 10.4 Å². The Morgan fingerprint density at radius 3 is 3.04 bits per heavy atom. The van der Waals surface area contributed by atoms with Crippen molar-refractivity contribution in [1.82, 2.24) is 14.9 Å². The number of benzene rings is 2. The van der Waals surface area contributed by atoms with Crippen molar-refractivity contribution in [3.63, 3.8) is 0 Å². The Hall–Kier alpha value is -2.66. The topological polar surface area (TPSA) is 58.2 Å². The molecule has 0 unspecified atom stereocenters. The van der Waals surface area contributed by atoms with E-state index in [0.29, 0.717) is 18.7 Å². The van der Waals surface area contributed by atoms with Gasteiger partial charge in [-0.05, 0) is 49.5 Å². The largest absolute Gasteiger partial charge is 0.461 e. The van der Waals surface area contributed by atoms with Gasteiger partial charge >= 0.3 is 5.97 Å². The molecule has 0 bridgehead atoms. The number of imidazole rings is 1. The maximum absolute atomic E-state index is 12.4. The minimum atomic E-state index is -0.333. The number of rotatable bonds is 5. The van der Waals surface area contributed by atoms with Crippen molar-refractivity contribution in [2.24, 2.45) is 0 Å². The number of H-pyrrole nitrogens is 1. The van der Waals surface area contributed by atoms with Gasteiger partial charge in [0.05, 0.1) is 22.9 Å². The third-order valence-electron chi connectivity index (χ3n) is 3.59. The summed E-state index contributed by atoms with van der Waals surface area (Å²) in [5.41, 5.74) is 4.09. The van der Waals surface area contributed by atoms with Gasteiger partial charge in [-0.25, -0.2) is 9.78 Å². The molecular formula is C18H18N3O2. The number of hydrogen-bond acceptors (Lipinski definition) is 4. The predicted molar refractivity (Wildman–Crippen MR) is 89.2 cm³/mol. The van der Waals surface area contributed by atoms with E-state index in [1.807, 2.05) is 43.3 Å². The first-order valence-electron chi connectivity index (χ1n) is 7.40. The number of likely N-dealkylation sites (N-methyl/N-ethyl adjacent to an activating group) is 1. The van der Waals surface area contributed by atoms with Crippen molar-refractivity contribution in [2.45, 2.75) is 0 Å². The minimum absolute atomic E-state index is 0.333. The number of ether oxygens (including phenoxy) is 1. The molecule has 1 aromatic heterocycles. The standard InChI is InChI=1S/C18H18N3O2/c1-21(2)9-10-23-18(22)15-6-4-3-5-14(15)13-7-8-16-17(11-13)20-12-19-16/h3,5-8,11-12H,9-10H2,1-2H3,(H,19,20). The average Bonchev–Trinajstić information content (AvgIpc) is 3.02. The highest BCUT2D eigenvalue weighted by atomic mass is 16.5. The molecule has 0 fully saturated rings. The molecule has 5 heteroatoms. The first-order chi connectivity index (χ1) is 11.1. The van der Waals surface area contributed by atoms with Crippen LogP contribution in [0, 0.1) is 6.07 Å². The van der Waals surface area contributed by atoms with E-state index >= 15 is 0 Å². The third-order valence-corrected chi connectivity index (χ3v) is 3.59. The number of aromatic amines is 1. The Bertz CT molecular complexity index is 824. The lowest BCUT2D eigenvalue weighted by Gasteiger charge is -2.12. The smallest absolute Gasteiger partial charge is 0.338 e. The Morgan fingerprint density at radius 1 is 1.35 bits per heavy atom. The van der Waals surface area contributed by atoms with Gasteiger partial charge in [0.25, 0.3) is 0 Å². The molecule has 0 aliphatic heterocycles. The van der Waals surface area contributed by atoms with Gasteiger partial charge in [-0.1, -0.05) is 18.2 Å². The fraction of sp³-hybridized carbons (Fsp3) is 0.222. The summed E-state index contributed by atoms with van der Waals surface area (Å²) in [5.74, 6) is -0.333. The average molecular weight is 308 g/mol. The maximum Gasteiger partial charge on any atom is 0.338 e. The van der Waals surface area contributed by atoms with Crippen molar-refractivity contribution in [3.05, 3.63) is 54.4 Å². The van der Waals surface area contributed by atoms with Crippen molar-refractivity contribution >= 4 is 17.0 Å². The van der Waals surface area contributed by atoms with Crippen LogP contribution in [0.4, 0.5) is 0 Å². The normalized spacial score (nSPS) is 11.1. The molecule has 1 N–H and O–H groups in total. The number of fused-ring (bicyclic) bond motifs is 1. The van der Waals surface area contributed by atoms with E-state index in [-0.39, 0.29) is 5.97 Å². The molecule has 0 aliphatic rings. The molecule has 0 amide bonds. The summed E-state index contributed by atoms with van der Waals surface area (Å²) in [7, 11) is 3.88. The van der Waals surface area contributed by atoms with Crippen molar-refractivity contribution in [3.8, 4) is 11.1 Å². The zero-order valence-electron chi connectivity index (χ0n) is 13.2. The predicted octanol–water partition coefficient (Wildman–Crippen LogP) is 2.75. The lowest BCUT2D eigenvalue weighted by Crippen LogP contribution is -2.20. The quantitative estimate of drug-likeness (QED) is 0.736. The van der Waals surface area contributed by atoms with E-state index in [2.05, 4.69) is 16.0 Å². The number of esters is 1. The van der Waals surface area contributed by atoms with Gasteiger partial charge in [0, 0.05) is 6.54 Å². The van der Waals surface area contributed by atoms with E-state index in [9.17, 15) is 4.79 Å². The SMILES string of the molecule is CN(C)CCOC(=O)c1c[c]ccc1-c1ccc2[nH]cnc2c1. The summed E-state index contributed by atoms with van der Waals surface area (Å²) >= 11 is 0. The fourth-order valence-corrected chi connectivity index (χ4v) is 2.35. The van der Waals surface area contributed by atoms with Crippen LogP contribution in [0.3, 0.4) is 0 Å². The van der Waals surface area contributed by atoms with Crippen LogP contribution in [0.25, 0.3) is 22.2 Å². The van der Waals surface area contributed by atoms with Crippen LogP contribution in [0.15, 0.2) is 42.7 Å². The minimum Gasteiger partial charge on any atom is -0.461 e. The summed E-state index contributed by atoms with van der Waals surface area (Å²) < 4.78 is 5.35. The molecule has 23 heavy (non-hydrogen) atoms. The Balaban J connectivity index is 1.89. The first-order valence-corrected chi connectivity index (χ1v) is 7.40. The summed E-state index contributed by atoms with van der Waals surface area (Å²) in [6.07, 6.45) is 1.66. The number of nitrogens with one attached hydrogen (secondary N) is 1. The van der Waals surface area contributed by atoms with E-state index in [1.54, 1.807) is 18.5 Å². The molecule has 3 aromatic rings. The summed E-state index contributed by atoms with van der Waals surface area (Å²) in [4.78, 5) is 21.6. The second-order valence-electron chi connectivity index (χ2n) is 5.55. The molecule has 0 saturated heterocycles. The number of carbonyl (C=O) groups is 1. The van der Waals surface area contributed by atoms with Crippen LogP contribution < -0.4 is 0 Å². The van der Waals surface area contributed by atoms with Gasteiger partial charge in [-0.3, -0.25) is 0 Å². The molecule has 0 saturated carbocycles. The third kappa shape index (κ3) is 3.40. The van der Waals surface area contributed by atoms with Gasteiger partial charge in [-0.15, -0.1) is 0 Å². The van der Waals surface area contributed by atoms with Crippen molar-refractivity contribution in [1.29, 1.82) is 0 Å². The Kier molecular flexibility index (Phi) is 4.39. The number of nitrogens with zero attached hydrogens (tertiary/aromatic N) is 2. The second-order valence-corrected chi connectivity index (χ2v) is 5.55. The van der Waals surface area contributed by atoms with Gasteiger partial charge < -0.3 is 14.6 Å². The number of aromatic nitrogens is 2. The highest BCUT2D eigenvalue weighted by Gasteiger charge is 2.14. The first kappa shape index (κ1) is 15.2. The van der Waals surface area contributed by atoms with Crippen LogP contribution in [-0.4, -0.2) is 48.1 Å². The van der Waals surface area contributed by atoms with Gasteiger partial charge in [0.1, 0.15) is 6.61 Å². The van der Waals surface area contributed by atoms with Gasteiger partial charge in [-0.2, -0.15) is 0 Å². The van der Waals surface area contributed by atoms with Crippen molar-refractivity contribution in [2.75, 3.05) is 27.2 Å². The summed E-state index contributed by atoms with van der Waals surface area (Å²) in [5, 5.41) is 0. The van der Waals surface area contributed by atoms with Gasteiger partial charge in [0.2, 0.25) is 0 Å².